The first kappa shape index (κ1) is 22.4. The SMILES string of the molecule is COC(=O)CCCCCCN1C(=O)CCCC1CCC(O)Cc1ccccc1. The predicted octanol–water partition coefficient (Wildman–Crippen LogP) is 3.87. The first-order valence-electron chi connectivity index (χ1n) is 10.7. The summed E-state index contributed by atoms with van der Waals surface area (Å²) >= 11 is 0. The minimum Gasteiger partial charge on any atom is -0.469 e. The van der Waals surface area contributed by atoms with Gasteiger partial charge in [-0.15, -0.1) is 0 Å². The first-order chi connectivity index (χ1) is 13.6. The summed E-state index contributed by atoms with van der Waals surface area (Å²) in [6.45, 7) is 0.788. The van der Waals surface area contributed by atoms with Gasteiger partial charge in [0.25, 0.3) is 0 Å². The molecule has 2 rings (SSSR count). The van der Waals surface area contributed by atoms with Gasteiger partial charge < -0.3 is 14.7 Å². The van der Waals surface area contributed by atoms with Crippen LogP contribution in [0.2, 0.25) is 0 Å². The molecule has 156 valence electrons. The predicted molar refractivity (Wildman–Crippen MR) is 110 cm³/mol. The fourth-order valence-electron chi connectivity index (χ4n) is 3.98. The van der Waals surface area contributed by atoms with Crippen molar-refractivity contribution in [2.45, 2.75) is 82.8 Å². The third kappa shape index (κ3) is 8.01. The van der Waals surface area contributed by atoms with E-state index in [-0.39, 0.29) is 24.0 Å². The standard InChI is InChI=1S/C23H35NO4/c1-28-23(27)14-7-2-3-8-17-24-20(12-9-13-22(24)26)15-16-21(25)18-19-10-5-4-6-11-19/h4-6,10-11,20-21,25H,2-3,7-9,12-18H2,1H3. The Morgan fingerprint density at radius 1 is 1.21 bits per heavy atom. The number of benzene rings is 1. The highest BCUT2D eigenvalue weighted by molar-refractivity contribution is 5.77. The molecule has 0 spiro atoms. The average molecular weight is 390 g/mol. The van der Waals surface area contributed by atoms with Gasteiger partial charge in [0, 0.05) is 25.4 Å². The summed E-state index contributed by atoms with van der Waals surface area (Å²) in [6, 6.07) is 10.3. The van der Waals surface area contributed by atoms with Crippen LogP contribution < -0.4 is 0 Å². The number of methoxy groups -OCH3 is 1. The normalized spacial score (nSPS) is 18.1. The van der Waals surface area contributed by atoms with Crippen LogP contribution in [0.5, 0.6) is 0 Å². The highest BCUT2D eigenvalue weighted by atomic mass is 16.5. The number of aliphatic hydroxyl groups is 1. The zero-order valence-electron chi connectivity index (χ0n) is 17.1. The molecule has 1 amide bonds. The van der Waals surface area contributed by atoms with Crippen LogP contribution in [-0.4, -0.2) is 47.7 Å². The van der Waals surface area contributed by atoms with Crippen molar-refractivity contribution in [2.75, 3.05) is 13.7 Å². The van der Waals surface area contributed by atoms with Crippen molar-refractivity contribution in [3.63, 3.8) is 0 Å². The molecule has 1 fully saturated rings. The van der Waals surface area contributed by atoms with Gasteiger partial charge >= 0.3 is 5.97 Å². The molecule has 5 nitrogen and oxygen atoms in total. The summed E-state index contributed by atoms with van der Waals surface area (Å²) in [5.74, 6) is 0.101. The number of carbonyl (C=O) groups is 2. The molecule has 1 heterocycles. The van der Waals surface area contributed by atoms with E-state index in [0.717, 1.165) is 63.5 Å². The molecule has 0 saturated carbocycles. The van der Waals surface area contributed by atoms with E-state index in [4.69, 9.17) is 0 Å². The lowest BCUT2D eigenvalue weighted by molar-refractivity contribution is -0.140. The second-order valence-corrected chi connectivity index (χ2v) is 7.79. The van der Waals surface area contributed by atoms with Crippen LogP contribution in [-0.2, 0) is 20.7 Å². The average Bonchev–Trinajstić information content (AvgIpc) is 2.70. The molecule has 1 N–H and O–H groups in total. The second-order valence-electron chi connectivity index (χ2n) is 7.79. The molecule has 2 atom stereocenters. The van der Waals surface area contributed by atoms with E-state index < -0.39 is 0 Å². The molecule has 1 aliphatic rings. The van der Waals surface area contributed by atoms with Crippen LogP contribution in [0.3, 0.4) is 0 Å². The van der Waals surface area contributed by atoms with Crippen LogP contribution in [0.1, 0.15) is 69.8 Å². The van der Waals surface area contributed by atoms with Gasteiger partial charge in [-0.1, -0.05) is 43.2 Å². The van der Waals surface area contributed by atoms with Crippen molar-refractivity contribution in [3.8, 4) is 0 Å². The largest absolute Gasteiger partial charge is 0.469 e. The first-order valence-corrected chi connectivity index (χ1v) is 10.7. The third-order valence-corrected chi connectivity index (χ3v) is 5.59. The lowest BCUT2D eigenvalue weighted by Crippen LogP contribution is -2.44. The van der Waals surface area contributed by atoms with E-state index in [0.29, 0.717) is 19.3 Å². The fraction of sp³-hybridized carbons (Fsp3) is 0.652. The van der Waals surface area contributed by atoms with E-state index in [1.807, 2.05) is 35.2 Å². The molecular weight excluding hydrogens is 354 g/mol. The molecule has 0 radical (unpaired) electrons. The molecule has 0 bridgehead atoms. The van der Waals surface area contributed by atoms with E-state index in [2.05, 4.69) is 4.74 Å². The van der Waals surface area contributed by atoms with Crippen molar-refractivity contribution in [1.82, 2.24) is 4.90 Å². The van der Waals surface area contributed by atoms with Crippen molar-refractivity contribution < 1.29 is 19.4 Å². The number of aliphatic hydroxyl groups excluding tert-OH is 1. The van der Waals surface area contributed by atoms with Crippen LogP contribution >= 0.6 is 0 Å². The number of hydrogen-bond acceptors (Lipinski definition) is 4. The number of nitrogens with zero attached hydrogens (tertiary/aromatic N) is 1. The van der Waals surface area contributed by atoms with Gasteiger partial charge in [0.15, 0.2) is 0 Å². The molecular formula is C23H35NO4. The lowest BCUT2D eigenvalue weighted by Gasteiger charge is -2.36. The number of ether oxygens (including phenoxy) is 1. The van der Waals surface area contributed by atoms with Crippen LogP contribution in [0.4, 0.5) is 0 Å². The lowest BCUT2D eigenvalue weighted by atomic mass is 9.94. The zero-order chi connectivity index (χ0) is 20.2. The summed E-state index contributed by atoms with van der Waals surface area (Å²) in [7, 11) is 1.42. The fourth-order valence-corrected chi connectivity index (χ4v) is 3.98. The van der Waals surface area contributed by atoms with Gasteiger partial charge in [0.05, 0.1) is 13.2 Å². The zero-order valence-corrected chi connectivity index (χ0v) is 17.1. The van der Waals surface area contributed by atoms with Gasteiger partial charge in [0.2, 0.25) is 5.91 Å². The molecule has 1 saturated heterocycles. The molecule has 5 heteroatoms. The molecule has 28 heavy (non-hydrogen) atoms. The molecule has 1 aliphatic heterocycles. The van der Waals surface area contributed by atoms with E-state index in [1.54, 1.807) is 0 Å². The maximum Gasteiger partial charge on any atom is 0.305 e. The van der Waals surface area contributed by atoms with Gasteiger partial charge in [-0.05, 0) is 50.5 Å². The van der Waals surface area contributed by atoms with Gasteiger partial charge in [0.1, 0.15) is 0 Å². The number of esters is 1. The topological polar surface area (TPSA) is 66.8 Å². The molecule has 0 aromatic heterocycles. The van der Waals surface area contributed by atoms with Crippen LogP contribution in [0.15, 0.2) is 30.3 Å². The van der Waals surface area contributed by atoms with Crippen molar-refractivity contribution in [2.24, 2.45) is 0 Å². The smallest absolute Gasteiger partial charge is 0.305 e. The maximum absolute atomic E-state index is 12.4. The van der Waals surface area contributed by atoms with Gasteiger partial charge in [-0.3, -0.25) is 9.59 Å². The number of rotatable bonds is 12. The summed E-state index contributed by atoms with van der Waals surface area (Å²) in [5, 5.41) is 10.4. The monoisotopic (exact) mass is 389 g/mol. The third-order valence-electron chi connectivity index (χ3n) is 5.59. The van der Waals surface area contributed by atoms with E-state index >= 15 is 0 Å². The van der Waals surface area contributed by atoms with Gasteiger partial charge in [-0.25, -0.2) is 0 Å². The number of hydrogen-bond donors (Lipinski definition) is 1. The van der Waals surface area contributed by atoms with E-state index in [9.17, 15) is 14.7 Å². The molecule has 2 unspecified atom stereocenters. The number of piperidine rings is 1. The maximum atomic E-state index is 12.4. The highest BCUT2D eigenvalue weighted by Crippen LogP contribution is 2.24. The second kappa shape index (κ2) is 12.6. The molecule has 1 aromatic carbocycles. The Morgan fingerprint density at radius 3 is 2.71 bits per heavy atom. The minimum atomic E-state index is -0.361. The quantitative estimate of drug-likeness (QED) is 0.435. The Balaban J connectivity index is 1.70. The Labute approximate surface area is 169 Å². The minimum absolute atomic E-state index is 0.152. The molecule has 0 aliphatic carbocycles. The van der Waals surface area contributed by atoms with E-state index in [1.165, 1.54) is 7.11 Å². The van der Waals surface area contributed by atoms with Crippen LogP contribution in [0, 0.1) is 0 Å². The summed E-state index contributed by atoms with van der Waals surface area (Å²) in [4.78, 5) is 25.6. The Kier molecular flexibility index (Phi) is 10.0. The van der Waals surface area contributed by atoms with Crippen LogP contribution in [0.25, 0.3) is 0 Å². The Morgan fingerprint density at radius 2 is 1.96 bits per heavy atom. The number of unbranched alkanes of at least 4 members (excludes halogenated alkanes) is 3. The number of amides is 1. The van der Waals surface area contributed by atoms with Crippen molar-refractivity contribution in [3.05, 3.63) is 35.9 Å². The number of carbonyl (C=O) groups excluding carboxylic acids is 2. The summed E-state index contributed by atoms with van der Waals surface area (Å²) in [6.07, 6.45) is 8.81. The number of likely N-dealkylation sites (tertiary alicyclic amines) is 1. The van der Waals surface area contributed by atoms with Crippen molar-refractivity contribution >= 4 is 11.9 Å². The van der Waals surface area contributed by atoms with Crippen molar-refractivity contribution in [1.29, 1.82) is 0 Å². The highest BCUT2D eigenvalue weighted by Gasteiger charge is 2.27. The summed E-state index contributed by atoms with van der Waals surface area (Å²) < 4.78 is 4.65. The summed E-state index contributed by atoms with van der Waals surface area (Å²) in [5.41, 5.74) is 1.15. The molecule has 1 aromatic rings. The Hall–Kier alpha value is -1.88. The Bertz CT molecular complexity index is 590. The van der Waals surface area contributed by atoms with Gasteiger partial charge in [-0.2, -0.15) is 0 Å².